The van der Waals surface area contributed by atoms with Crippen LogP contribution in [0, 0.1) is 6.92 Å². The van der Waals surface area contributed by atoms with E-state index in [2.05, 4.69) is 20.8 Å². The first kappa shape index (κ1) is 16.8. The number of hydrogen-bond donors (Lipinski definition) is 1. The Morgan fingerprint density at radius 2 is 1.84 bits per heavy atom. The predicted molar refractivity (Wildman–Crippen MR) is 95.2 cm³/mol. The van der Waals surface area contributed by atoms with Crippen LogP contribution in [-0.4, -0.2) is 26.1 Å². The highest BCUT2D eigenvalue weighted by Gasteiger charge is 2.19. The molecule has 0 saturated carbocycles. The van der Waals surface area contributed by atoms with Gasteiger partial charge in [-0.2, -0.15) is 4.68 Å². The lowest BCUT2D eigenvalue weighted by molar-refractivity contribution is -0.122. The second-order valence-electron chi connectivity index (χ2n) is 5.93. The summed E-state index contributed by atoms with van der Waals surface area (Å²) in [4.78, 5) is 12.6. The van der Waals surface area contributed by atoms with Gasteiger partial charge in [-0.05, 0) is 41.5 Å². The van der Waals surface area contributed by atoms with Gasteiger partial charge in [-0.3, -0.25) is 4.79 Å². The first-order valence-electron chi connectivity index (χ1n) is 8.36. The van der Waals surface area contributed by atoms with Crippen molar-refractivity contribution in [2.75, 3.05) is 0 Å². The maximum atomic E-state index is 12.6. The van der Waals surface area contributed by atoms with Gasteiger partial charge in [0, 0.05) is 0 Å². The average molecular weight is 335 g/mol. The number of carbonyl (C=O) groups is 1. The molecular formula is C19H21N5O. The highest BCUT2D eigenvalue weighted by molar-refractivity contribution is 5.83. The molecule has 1 heterocycles. The normalized spacial score (nSPS) is 11.9. The molecule has 3 aromatic rings. The van der Waals surface area contributed by atoms with Crippen molar-refractivity contribution < 1.29 is 4.79 Å². The maximum Gasteiger partial charge on any atom is 0.227 e. The number of aromatic nitrogens is 4. The molecule has 6 heteroatoms. The summed E-state index contributed by atoms with van der Waals surface area (Å²) in [6, 6.07) is 17.7. The molecule has 1 atom stereocenters. The third kappa shape index (κ3) is 3.91. The Hall–Kier alpha value is -3.02. The Morgan fingerprint density at radius 3 is 2.52 bits per heavy atom. The highest BCUT2D eigenvalue weighted by atomic mass is 16.1. The summed E-state index contributed by atoms with van der Waals surface area (Å²) >= 11 is 0. The number of nitrogens with zero attached hydrogens (tertiary/aromatic N) is 4. The quantitative estimate of drug-likeness (QED) is 0.752. The van der Waals surface area contributed by atoms with Crippen LogP contribution in [0.25, 0.3) is 5.69 Å². The number of benzene rings is 2. The largest absolute Gasteiger partial charge is 0.348 e. The molecule has 1 N–H and O–H groups in total. The van der Waals surface area contributed by atoms with Crippen LogP contribution in [0.1, 0.15) is 36.2 Å². The number of hydrogen-bond acceptors (Lipinski definition) is 4. The van der Waals surface area contributed by atoms with Crippen molar-refractivity contribution >= 4 is 5.91 Å². The zero-order chi connectivity index (χ0) is 17.6. The van der Waals surface area contributed by atoms with E-state index in [1.165, 1.54) is 5.56 Å². The van der Waals surface area contributed by atoms with E-state index in [1.54, 1.807) is 4.68 Å². The maximum absolute atomic E-state index is 12.6. The molecule has 1 aromatic heterocycles. The van der Waals surface area contributed by atoms with E-state index in [0.29, 0.717) is 5.82 Å². The summed E-state index contributed by atoms with van der Waals surface area (Å²) in [5.41, 5.74) is 3.05. The Bertz CT molecular complexity index is 827. The minimum absolute atomic E-state index is 0.0212. The molecule has 0 radical (unpaired) electrons. The van der Waals surface area contributed by atoms with Crippen LogP contribution >= 0.6 is 0 Å². The van der Waals surface area contributed by atoms with Crippen LogP contribution in [0.5, 0.6) is 0 Å². The van der Waals surface area contributed by atoms with Crippen LogP contribution < -0.4 is 5.32 Å². The molecule has 0 aliphatic carbocycles. The number of nitrogens with one attached hydrogen (secondary N) is 1. The van der Waals surface area contributed by atoms with Gasteiger partial charge in [0.2, 0.25) is 5.91 Å². The minimum atomic E-state index is -0.176. The van der Waals surface area contributed by atoms with Gasteiger partial charge in [-0.15, -0.1) is 5.10 Å². The van der Waals surface area contributed by atoms with Gasteiger partial charge in [0.15, 0.2) is 5.82 Å². The highest BCUT2D eigenvalue weighted by Crippen LogP contribution is 2.19. The molecule has 6 nitrogen and oxygen atoms in total. The molecule has 1 amide bonds. The van der Waals surface area contributed by atoms with Crippen molar-refractivity contribution in [3.8, 4) is 5.69 Å². The van der Waals surface area contributed by atoms with E-state index < -0.39 is 0 Å². The topological polar surface area (TPSA) is 72.7 Å². The molecule has 0 aliphatic rings. The zero-order valence-electron chi connectivity index (χ0n) is 14.4. The first-order valence-corrected chi connectivity index (χ1v) is 8.36. The van der Waals surface area contributed by atoms with Crippen molar-refractivity contribution in [3.63, 3.8) is 0 Å². The second kappa shape index (κ2) is 7.70. The van der Waals surface area contributed by atoms with E-state index >= 15 is 0 Å². The van der Waals surface area contributed by atoms with E-state index in [-0.39, 0.29) is 18.4 Å². The van der Waals surface area contributed by atoms with E-state index in [1.807, 2.05) is 68.4 Å². The number of carbonyl (C=O) groups excluding carboxylic acids is 1. The smallest absolute Gasteiger partial charge is 0.227 e. The van der Waals surface area contributed by atoms with Crippen molar-refractivity contribution in [3.05, 3.63) is 71.5 Å². The van der Waals surface area contributed by atoms with Crippen molar-refractivity contribution in [2.24, 2.45) is 0 Å². The van der Waals surface area contributed by atoms with E-state index in [4.69, 9.17) is 0 Å². The molecule has 3 rings (SSSR count). The van der Waals surface area contributed by atoms with Crippen LogP contribution in [0.4, 0.5) is 0 Å². The van der Waals surface area contributed by atoms with Crippen molar-refractivity contribution in [1.29, 1.82) is 0 Å². The monoisotopic (exact) mass is 335 g/mol. The lowest BCUT2D eigenvalue weighted by atomic mass is 9.96. The molecular weight excluding hydrogens is 314 g/mol. The van der Waals surface area contributed by atoms with Gasteiger partial charge in [-0.25, -0.2) is 0 Å². The predicted octanol–water partition coefficient (Wildman–Crippen LogP) is 2.78. The Balaban J connectivity index is 1.71. The number of rotatable bonds is 6. The zero-order valence-corrected chi connectivity index (χ0v) is 14.4. The number of aryl methyl sites for hydroxylation is 1. The van der Waals surface area contributed by atoms with E-state index in [9.17, 15) is 4.79 Å². The van der Waals surface area contributed by atoms with Crippen molar-refractivity contribution in [2.45, 2.75) is 32.7 Å². The van der Waals surface area contributed by atoms with Crippen molar-refractivity contribution in [1.82, 2.24) is 25.5 Å². The third-order valence-electron chi connectivity index (χ3n) is 4.16. The molecule has 25 heavy (non-hydrogen) atoms. The van der Waals surface area contributed by atoms with Crippen LogP contribution in [0.3, 0.4) is 0 Å². The van der Waals surface area contributed by atoms with E-state index in [0.717, 1.165) is 17.7 Å². The lowest BCUT2D eigenvalue weighted by Gasteiger charge is -2.15. The Labute approximate surface area is 146 Å². The van der Waals surface area contributed by atoms with Gasteiger partial charge in [-0.1, -0.05) is 55.0 Å². The Morgan fingerprint density at radius 1 is 1.12 bits per heavy atom. The Kier molecular flexibility index (Phi) is 5.18. The molecule has 2 aromatic carbocycles. The van der Waals surface area contributed by atoms with Gasteiger partial charge >= 0.3 is 0 Å². The molecule has 0 aliphatic heterocycles. The summed E-state index contributed by atoms with van der Waals surface area (Å²) in [6.07, 6.45) is 0.735. The molecule has 0 bridgehead atoms. The molecule has 0 unspecified atom stereocenters. The fraction of sp³-hybridized carbons (Fsp3) is 0.263. The molecule has 0 saturated heterocycles. The number of amides is 1. The summed E-state index contributed by atoms with van der Waals surface area (Å²) < 4.78 is 1.64. The average Bonchev–Trinajstić information content (AvgIpc) is 3.11. The van der Waals surface area contributed by atoms with Crippen LogP contribution in [0.2, 0.25) is 0 Å². The molecule has 128 valence electrons. The summed E-state index contributed by atoms with van der Waals surface area (Å²) in [7, 11) is 0. The fourth-order valence-electron chi connectivity index (χ4n) is 2.75. The standard InChI is InChI=1S/C19H21N5O/c1-3-17(15-7-5-4-6-8-15)19(25)20-13-18-21-22-23-24(18)16-11-9-14(2)10-12-16/h4-12,17H,3,13H2,1-2H3,(H,20,25)/t17-/m1/s1. The van der Waals surface area contributed by atoms with Gasteiger partial charge in [0.1, 0.15) is 0 Å². The van der Waals surface area contributed by atoms with Crippen LogP contribution in [-0.2, 0) is 11.3 Å². The summed E-state index contributed by atoms with van der Waals surface area (Å²) in [5, 5.41) is 14.7. The lowest BCUT2D eigenvalue weighted by Crippen LogP contribution is -2.29. The minimum Gasteiger partial charge on any atom is -0.348 e. The summed E-state index contributed by atoms with van der Waals surface area (Å²) in [6.45, 7) is 4.32. The SMILES string of the molecule is CC[C@@H](C(=O)NCc1nnnn1-c1ccc(C)cc1)c1ccccc1. The molecule has 0 spiro atoms. The van der Waals surface area contributed by atoms with Gasteiger partial charge in [0.25, 0.3) is 0 Å². The van der Waals surface area contributed by atoms with Crippen LogP contribution in [0.15, 0.2) is 54.6 Å². The van der Waals surface area contributed by atoms with Gasteiger partial charge in [0.05, 0.1) is 18.2 Å². The fourth-order valence-corrected chi connectivity index (χ4v) is 2.75. The summed E-state index contributed by atoms with van der Waals surface area (Å²) in [5.74, 6) is 0.400. The third-order valence-corrected chi connectivity index (χ3v) is 4.16. The molecule has 0 fully saturated rings. The van der Waals surface area contributed by atoms with Gasteiger partial charge < -0.3 is 5.32 Å². The number of tetrazole rings is 1. The second-order valence-corrected chi connectivity index (χ2v) is 5.93. The first-order chi connectivity index (χ1) is 12.2.